The van der Waals surface area contributed by atoms with Crippen LogP contribution in [0.5, 0.6) is 0 Å². The highest BCUT2D eigenvalue weighted by Gasteiger charge is 2.25. The monoisotopic (exact) mass is 418 g/mol. The van der Waals surface area contributed by atoms with E-state index in [4.69, 9.17) is 10.5 Å². The molecular weight excluding hydrogens is 383 g/mol. The Morgan fingerprint density at radius 3 is 1.94 bits per heavy atom. The van der Waals surface area contributed by atoms with Gasteiger partial charge in [-0.2, -0.15) is 14.9 Å². The van der Waals surface area contributed by atoms with Crippen molar-refractivity contribution in [3.63, 3.8) is 0 Å². The molecule has 2 saturated carbocycles. The van der Waals surface area contributed by atoms with E-state index in [0.717, 1.165) is 29.7 Å². The maximum absolute atomic E-state index is 12.7. The molecular formula is C28H35FN2. The maximum Gasteiger partial charge on any atom is 0.199 e. The highest BCUT2D eigenvalue weighted by molar-refractivity contribution is 5.33. The predicted molar refractivity (Wildman–Crippen MR) is 124 cm³/mol. The highest BCUT2D eigenvalue weighted by Crippen LogP contribution is 2.40. The lowest BCUT2D eigenvalue weighted by Crippen LogP contribution is -2.17. The molecule has 0 atom stereocenters. The zero-order valence-electron chi connectivity index (χ0n) is 18.6. The van der Waals surface area contributed by atoms with Gasteiger partial charge >= 0.3 is 0 Å². The molecule has 2 nitrogen and oxygen atoms in total. The molecule has 0 bridgehead atoms. The number of allylic oxidation sites excluding steroid dienone is 4. The second kappa shape index (κ2) is 12.5. The van der Waals surface area contributed by atoms with Gasteiger partial charge in [0.15, 0.2) is 5.83 Å². The van der Waals surface area contributed by atoms with E-state index in [0.29, 0.717) is 5.92 Å². The molecule has 1 aromatic rings. The van der Waals surface area contributed by atoms with Crippen LogP contribution in [0.25, 0.3) is 0 Å². The minimum absolute atomic E-state index is 0.681. The van der Waals surface area contributed by atoms with Crippen molar-refractivity contribution in [3.05, 3.63) is 59.4 Å². The maximum atomic E-state index is 12.7. The molecule has 0 unspecified atom stereocenters. The Labute approximate surface area is 187 Å². The van der Waals surface area contributed by atoms with Gasteiger partial charge in [-0.3, -0.25) is 0 Å². The second-order valence-electron chi connectivity index (χ2n) is 9.55. The minimum Gasteiger partial charge on any atom is -0.195 e. The lowest BCUT2D eigenvalue weighted by molar-refractivity contribution is 0.225. The average molecular weight is 419 g/mol. The Morgan fingerprint density at radius 1 is 0.839 bits per heavy atom. The van der Waals surface area contributed by atoms with Crippen molar-refractivity contribution in [2.75, 3.05) is 0 Å². The van der Waals surface area contributed by atoms with Gasteiger partial charge in [0.05, 0.1) is 11.6 Å². The van der Waals surface area contributed by atoms with Gasteiger partial charge in [-0.15, -0.1) is 0 Å². The molecule has 0 radical (unpaired) electrons. The first kappa shape index (κ1) is 23.3. The number of hydrogen-bond donors (Lipinski definition) is 0. The second-order valence-corrected chi connectivity index (χ2v) is 9.55. The Kier molecular flexibility index (Phi) is 9.36. The van der Waals surface area contributed by atoms with E-state index in [9.17, 15) is 4.39 Å². The lowest BCUT2D eigenvalue weighted by Gasteiger charge is -2.32. The Morgan fingerprint density at radius 2 is 1.39 bits per heavy atom. The molecule has 0 aliphatic heterocycles. The largest absolute Gasteiger partial charge is 0.199 e. The number of nitrogens with zero attached hydrogens (tertiary/aromatic N) is 2. The first-order valence-corrected chi connectivity index (χ1v) is 12.1. The lowest BCUT2D eigenvalue weighted by atomic mass is 9.74. The summed E-state index contributed by atoms with van der Waals surface area (Å²) in [5, 5.41) is 17.3. The van der Waals surface area contributed by atoms with Crippen LogP contribution < -0.4 is 0 Å². The molecule has 0 heterocycles. The van der Waals surface area contributed by atoms with Crippen LogP contribution in [-0.4, -0.2) is 0 Å². The normalized spacial score (nSPS) is 27.0. The summed E-state index contributed by atoms with van der Waals surface area (Å²) in [5.41, 5.74) is 2.17. The Balaban J connectivity index is 1.28. The fourth-order valence-corrected chi connectivity index (χ4v) is 5.51. The van der Waals surface area contributed by atoms with Crippen molar-refractivity contribution < 1.29 is 4.39 Å². The van der Waals surface area contributed by atoms with E-state index in [-0.39, 0.29) is 0 Å². The number of halogens is 1. The molecule has 31 heavy (non-hydrogen) atoms. The van der Waals surface area contributed by atoms with E-state index in [1.165, 1.54) is 88.3 Å². The molecule has 164 valence electrons. The SMILES string of the molecule is N#C/C(F)=C/C=C/CC[C@H]1CC[C@H](CC[C@H]2CC[C@H](c3ccc(C#N)cc3)CC2)CC1. The van der Waals surface area contributed by atoms with Crippen LogP contribution in [0.4, 0.5) is 4.39 Å². The fourth-order valence-electron chi connectivity index (χ4n) is 5.51. The first-order valence-electron chi connectivity index (χ1n) is 12.1. The van der Waals surface area contributed by atoms with Gasteiger partial charge in [0.2, 0.25) is 0 Å². The van der Waals surface area contributed by atoms with Crippen molar-refractivity contribution >= 4 is 0 Å². The van der Waals surface area contributed by atoms with E-state index in [2.05, 4.69) is 18.2 Å². The molecule has 3 heteroatoms. The molecule has 2 aliphatic carbocycles. The summed E-state index contributed by atoms with van der Waals surface area (Å²) in [5.74, 6) is 2.59. The van der Waals surface area contributed by atoms with Crippen LogP contribution in [0.15, 0.2) is 48.3 Å². The molecule has 0 amide bonds. The molecule has 2 aliphatic rings. The Hall–Kier alpha value is -2.39. The van der Waals surface area contributed by atoms with Gasteiger partial charge in [-0.25, -0.2) is 0 Å². The van der Waals surface area contributed by atoms with Gasteiger partial charge in [-0.05, 0) is 86.0 Å². The molecule has 0 spiro atoms. The van der Waals surface area contributed by atoms with Gasteiger partial charge in [0.1, 0.15) is 6.07 Å². The molecule has 2 fully saturated rings. The highest BCUT2D eigenvalue weighted by atomic mass is 19.1. The van der Waals surface area contributed by atoms with Crippen molar-refractivity contribution in [3.8, 4) is 12.1 Å². The van der Waals surface area contributed by atoms with E-state index in [1.807, 2.05) is 18.2 Å². The molecule has 0 N–H and O–H groups in total. The third-order valence-electron chi connectivity index (χ3n) is 7.53. The summed E-state index contributed by atoms with van der Waals surface area (Å²) in [6.07, 6.45) is 20.6. The van der Waals surface area contributed by atoms with Crippen molar-refractivity contribution in [1.82, 2.24) is 0 Å². The molecule has 1 aromatic carbocycles. The zero-order valence-corrected chi connectivity index (χ0v) is 18.6. The third-order valence-corrected chi connectivity index (χ3v) is 7.53. The zero-order chi connectivity index (χ0) is 21.9. The smallest absolute Gasteiger partial charge is 0.195 e. The van der Waals surface area contributed by atoms with Crippen molar-refractivity contribution in [1.29, 1.82) is 10.5 Å². The third kappa shape index (κ3) is 7.66. The van der Waals surface area contributed by atoms with Crippen LogP contribution in [0.3, 0.4) is 0 Å². The number of hydrogen-bond acceptors (Lipinski definition) is 2. The Bertz CT molecular complexity index is 808. The van der Waals surface area contributed by atoms with Crippen LogP contribution >= 0.6 is 0 Å². The minimum atomic E-state index is -0.723. The van der Waals surface area contributed by atoms with Crippen LogP contribution in [0, 0.1) is 40.4 Å². The molecule has 0 aromatic heterocycles. The first-order chi connectivity index (χ1) is 15.2. The van der Waals surface area contributed by atoms with Crippen LogP contribution in [0.2, 0.25) is 0 Å². The quantitative estimate of drug-likeness (QED) is 0.316. The topological polar surface area (TPSA) is 47.6 Å². The number of nitriles is 2. The number of benzene rings is 1. The van der Waals surface area contributed by atoms with E-state index in [1.54, 1.807) is 6.08 Å². The van der Waals surface area contributed by atoms with Crippen LogP contribution in [0.1, 0.15) is 94.1 Å². The van der Waals surface area contributed by atoms with Crippen molar-refractivity contribution in [2.24, 2.45) is 17.8 Å². The van der Waals surface area contributed by atoms with Crippen LogP contribution in [-0.2, 0) is 0 Å². The van der Waals surface area contributed by atoms with Gasteiger partial charge < -0.3 is 0 Å². The van der Waals surface area contributed by atoms with Crippen molar-refractivity contribution in [2.45, 2.75) is 83.0 Å². The van der Waals surface area contributed by atoms with Gasteiger partial charge in [-0.1, -0.05) is 62.8 Å². The summed E-state index contributed by atoms with van der Waals surface area (Å²) in [7, 11) is 0. The van der Waals surface area contributed by atoms with E-state index < -0.39 is 5.83 Å². The fraction of sp³-hybridized carbons (Fsp3) is 0.571. The van der Waals surface area contributed by atoms with Gasteiger partial charge in [0.25, 0.3) is 0 Å². The summed E-state index contributed by atoms with van der Waals surface area (Å²) in [4.78, 5) is 0. The predicted octanol–water partition coefficient (Wildman–Crippen LogP) is 8.13. The van der Waals surface area contributed by atoms with Gasteiger partial charge in [0, 0.05) is 0 Å². The molecule has 3 rings (SSSR count). The number of rotatable bonds is 8. The summed E-state index contributed by atoms with van der Waals surface area (Å²) >= 11 is 0. The summed E-state index contributed by atoms with van der Waals surface area (Å²) < 4.78 is 12.7. The summed E-state index contributed by atoms with van der Waals surface area (Å²) in [6, 6.07) is 11.9. The average Bonchev–Trinajstić information content (AvgIpc) is 2.83. The summed E-state index contributed by atoms with van der Waals surface area (Å²) in [6.45, 7) is 0. The van der Waals surface area contributed by atoms with E-state index >= 15 is 0 Å². The molecule has 0 saturated heterocycles. The standard InChI is InChI=1S/C28H35FN2/c29-28(21-31)5-3-1-2-4-22-6-8-23(9-7-22)10-11-24-12-16-26(17-13-24)27-18-14-25(20-30)15-19-27/h1,3,5,14-15,18-19,22-24,26H,2,4,6-13,16-17H2/b3-1+,28-5-/t22-,23-,24-,26-.